The third-order valence-corrected chi connectivity index (χ3v) is 1.26. The number of amides is 2. The third-order valence-electron chi connectivity index (χ3n) is 1.26. The molecule has 0 aliphatic carbocycles. The van der Waals surface area contributed by atoms with Crippen LogP contribution in [0.2, 0.25) is 0 Å². The van der Waals surface area contributed by atoms with Gasteiger partial charge in [-0.1, -0.05) is 0 Å². The SMILES string of the molecule is CC(C)NC(=O)CCCNC=O. The van der Waals surface area contributed by atoms with Crippen LogP contribution < -0.4 is 10.6 Å². The highest BCUT2D eigenvalue weighted by Crippen LogP contribution is 1.88. The summed E-state index contributed by atoms with van der Waals surface area (Å²) in [5, 5.41) is 5.26. The summed E-state index contributed by atoms with van der Waals surface area (Å²) in [5.41, 5.74) is 0. The van der Waals surface area contributed by atoms with Crippen molar-refractivity contribution in [3.8, 4) is 0 Å². The van der Waals surface area contributed by atoms with Gasteiger partial charge in [-0.05, 0) is 20.3 Å². The van der Waals surface area contributed by atoms with E-state index in [1.165, 1.54) is 0 Å². The second-order valence-electron chi connectivity index (χ2n) is 2.90. The lowest BCUT2D eigenvalue weighted by Gasteiger charge is -2.07. The summed E-state index contributed by atoms with van der Waals surface area (Å²) in [6, 6.07) is 0.191. The van der Waals surface area contributed by atoms with Gasteiger partial charge in [0.2, 0.25) is 12.3 Å². The molecule has 0 bridgehead atoms. The molecular formula is C8H16N2O2. The molecule has 0 spiro atoms. The molecular weight excluding hydrogens is 156 g/mol. The molecule has 0 saturated carbocycles. The summed E-state index contributed by atoms with van der Waals surface area (Å²) in [5.74, 6) is 0.0395. The van der Waals surface area contributed by atoms with Gasteiger partial charge in [0.05, 0.1) is 0 Å². The van der Waals surface area contributed by atoms with Crippen LogP contribution >= 0.6 is 0 Å². The second kappa shape index (κ2) is 6.64. The molecule has 0 fully saturated rings. The molecule has 12 heavy (non-hydrogen) atoms. The summed E-state index contributed by atoms with van der Waals surface area (Å²) in [7, 11) is 0. The van der Waals surface area contributed by atoms with Crippen LogP contribution in [0.3, 0.4) is 0 Å². The van der Waals surface area contributed by atoms with E-state index in [2.05, 4.69) is 10.6 Å². The number of nitrogens with one attached hydrogen (secondary N) is 2. The Morgan fingerprint density at radius 3 is 2.67 bits per heavy atom. The van der Waals surface area contributed by atoms with E-state index in [0.29, 0.717) is 25.8 Å². The van der Waals surface area contributed by atoms with Crippen molar-refractivity contribution in [3.05, 3.63) is 0 Å². The highest BCUT2D eigenvalue weighted by atomic mass is 16.1. The predicted octanol–water partition coefficient (Wildman–Crippen LogP) is 0.0372. The first-order valence-electron chi connectivity index (χ1n) is 4.13. The smallest absolute Gasteiger partial charge is 0.220 e. The van der Waals surface area contributed by atoms with Crippen molar-refractivity contribution < 1.29 is 9.59 Å². The molecule has 0 atom stereocenters. The maximum atomic E-state index is 11.0. The molecule has 0 radical (unpaired) electrons. The minimum Gasteiger partial charge on any atom is -0.359 e. The Hall–Kier alpha value is -1.06. The van der Waals surface area contributed by atoms with Gasteiger partial charge in [-0.2, -0.15) is 0 Å². The van der Waals surface area contributed by atoms with Gasteiger partial charge in [0.15, 0.2) is 0 Å². The maximum Gasteiger partial charge on any atom is 0.220 e. The van der Waals surface area contributed by atoms with Crippen LogP contribution in [0.5, 0.6) is 0 Å². The van der Waals surface area contributed by atoms with E-state index in [0.717, 1.165) is 0 Å². The van der Waals surface area contributed by atoms with E-state index in [4.69, 9.17) is 0 Å². The van der Waals surface area contributed by atoms with Crippen LogP contribution in [0.25, 0.3) is 0 Å². The van der Waals surface area contributed by atoms with Crippen LogP contribution in [-0.2, 0) is 9.59 Å². The molecule has 4 nitrogen and oxygen atoms in total. The van der Waals surface area contributed by atoms with Gasteiger partial charge in [-0.15, -0.1) is 0 Å². The largest absolute Gasteiger partial charge is 0.359 e. The Labute approximate surface area is 72.7 Å². The van der Waals surface area contributed by atoms with Crippen molar-refractivity contribution in [1.29, 1.82) is 0 Å². The first-order valence-corrected chi connectivity index (χ1v) is 4.13. The Balaban J connectivity index is 3.25. The van der Waals surface area contributed by atoms with E-state index in [1.807, 2.05) is 13.8 Å². The van der Waals surface area contributed by atoms with Gasteiger partial charge in [0.25, 0.3) is 0 Å². The van der Waals surface area contributed by atoms with E-state index in [1.54, 1.807) is 0 Å². The molecule has 0 aromatic heterocycles. The zero-order chi connectivity index (χ0) is 9.40. The molecule has 0 aliphatic rings. The minimum absolute atomic E-state index is 0.0395. The Kier molecular flexibility index (Phi) is 6.05. The van der Waals surface area contributed by atoms with Crippen molar-refractivity contribution in [3.63, 3.8) is 0 Å². The topological polar surface area (TPSA) is 58.2 Å². The average Bonchev–Trinajstić information content (AvgIpc) is 1.97. The number of hydrogen-bond acceptors (Lipinski definition) is 2. The lowest BCUT2D eigenvalue weighted by atomic mass is 10.3. The fraction of sp³-hybridized carbons (Fsp3) is 0.750. The molecule has 0 aromatic carbocycles. The molecule has 0 saturated heterocycles. The summed E-state index contributed by atoms with van der Waals surface area (Å²) < 4.78 is 0. The fourth-order valence-electron chi connectivity index (χ4n) is 0.804. The third kappa shape index (κ3) is 7.05. The zero-order valence-electron chi connectivity index (χ0n) is 7.59. The van der Waals surface area contributed by atoms with Crippen molar-refractivity contribution >= 4 is 12.3 Å². The van der Waals surface area contributed by atoms with Gasteiger partial charge in [-0.3, -0.25) is 9.59 Å². The standard InChI is InChI=1S/C8H16N2O2/c1-7(2)10-8(12)4-3-5-9-6-11/h6-7H,3-5H2,1-2H3,(H,9,11)(H,10,12). The molecule has 0 aromatic rings. The molecule has 70 valence electrons. The molecule has 2 amide bonds. The number of carbonyl (C=O) groups excluding carboxylic acids is 2. The van der Waals surface area contributed by atoms with Crippen LogP contribution in [0.1, 0.15) is 26.7 Å². The highest BCUT2D eigenvalue weighted by Gasteiger charge is 2.01. The first-order chi connectivity index (χ1) is 5.66. The van der Waals surface area contributed by atoms with Gasteiger partial charge >= 0.3 is 0 Å². The van der Waals surface area contributed by atoms with Crippen molar-refractivity contribution in [1.82, 2.24) is 10.6 Å². The van der Waals surface area contributed by atoms with E-state index in [-0.39, 0.29) is 11.9 Å². The van der Waals surface area contributed by atoms with Crippen molar-refractivity contribution in [2.75, 3.05) is 6.54 Å². The monoisotopic (exact) mass is 172 g/mol. The Morgan fingerprint density at radius 1 is 1.50 bits per heavy atom. The summed E-state index contributed by atoms with van der Waals surface area (Å²) in [6.45, 7) is 4.40. The number of hydrogen-bond donors (Lipinski definition) is 2. The normalized spacial score (nSPS) is 9.58. The van der Waals surface area contributed by atoms with Crippen LogP contribution in [-0.4, -0.2) is 24.9 Å². The lowest BCUT2D eigenvalue weighted by molar-refractivity contribution is -0.121. The highest BCUT2D eigenvalue weighted by molar-refractivity contribution is 5.76. The minimum atomic E-state index is 0.0395. The summed E-state index contributed by atoms with van der Waals surface area (Å²) in [4.78, 5) is 20.8. The van der Waals surface area contributed by atoms with E-state index in [9.17, 15) is 9.59 Å². The fourth-order valence-corrected chi connectivity index (χ4v) is 0.804. The Bertz CT molecular complexity index is 146. The lowest BCUT2D eigenvalue weighted by Crippen LogP contribution is -2.30. The predicted molar refractivity (Wildman–Crippen MR) is 46.6 cm³/mol. The number of rotatable bonds is 6. The first kappa shape index (κ1) is 10.9. The average molecular weight is 172 g/mol. The molecule has 4 heteroatoms. The molecule has 0 aliphatic heterocycles. The summed E-state index contributed by atoms with van der Waals surface area (Å²) in [6.07, 6.45) is 1.80. The zero-order valence-corrected chi connectivity index (χ0v) is 7.59. The summed E-state index contributed by atoms with van der Waals surface area (Å²) >= 11 is 0. The molecule has 2 N–H and O–H groups in total. The van der Waals surface area contributed by atoms with Gasteiger partial charge in [-0.25, -0.2) is 0 Å². The van der Waals surface area contributed by atoms with E-state index >= 15 is 0 Å². The second-order valence-corrected chi connectivity index (χ2v) is 2.90. The van der Waals surface area contributed by atoms with E-state index < -0.39 is 0 Å². The molecule has 0 unspecified atom stereocenters. The van der Waals surface area contributed by atoms with Gasteiger partial charge in [0.1, 0.15) is 0 Å². The maximum absolute atomic E-state index is 11.0. The van der Waals surface area contributed by atoms with Crippen molar-refractivity contribution in [2.45, 2.75) is 32.7 Å². The van der Waals surface area contributed by atoms with Gasteiger partial charge in [0, 0.05) is 19.0 Å². The molecule has 0 rings (SSSR count). The Morgan fingerprint density at radius 2 is 2.17 bits per heavy atom. The van der Waals surface area contributed by atoms with Crippen LogP contribution in [0.4, 0.5) is 0 Å². The van der Waals surface area contributed by atoms with Crippen molar-refractivity contribution in [2.24, 2.45) is 0 Å². The van der Waals surface area contributed by atoms with Gasteiger partial charge < -0.3 is 10.6 Å². The van der Waals surface area contributed by atoms with Crippen LogP contribution in [0, 0.1) is 0 Å². The van der Waals surface area contributed by atoms with Crippen LogP contribution in [0.15, 0.2) is 0 Å². The number of carbonyl (C=O) groups is 2. The molecule has 0 heterocycles. The quantitative estimate of drug-likeness (QED) is 0.439.